The molecule has 0 aliphatic rings. The molecule has 3 nitrogen and oxygen atoms in total. The van der Waals surface area contributed by atoms with E-state index in [1.165, 1.54) is 6.07 Å². The summed E-state index contributed by atoms with van der Waals surface area (Å²) < 4.78 is 19.8. The van der Waals surface area contributed by atoms with E-state index in [0.717, 1.165) is 5.69 Å². The fraction of sp³-hybridized carbons (Fsp3) is 0.154. The Morgan fingerprint density at radius 3 is 2.89 bits per heavy atom. The van der Waals surface area contributed by atoms with Gasteiger partial charge in [-0.1, -0.05) is 15.9 Å². The Morgan fingerprint density at radius 2 is 2.17 bits per heavy atom. The molecule has 0 radical (unpaired) electrons. The quantitative estimate of drug-likeness (QED) is 0.938. The molecule has 5 heteroatoms. The first-order chi connectivity index (χ1) is 8.69. The van der Waals surface area contributed by atoms with Gasteiger partial charge in [-0.2, -0.15) is 0 Å². The predicted octanol–water partition coefficient (Wildman–Crippen LogP) is 3.49. The van der Waals surface area contributed by atoms with Gasteiger partial charge in [0, 0.05) is 23.3 Å². The number of hydrogen-bond acceptors (Lipinski definition) is 3. The zero-order valence-electron chi connectivity index (χ0n) is 9.78. The van der Waals surface area contributed by atoms with Crippen LogP contribution < -0.4 is 10.1 Å². The van der Waals surface area contributed by atoms with Crippen molar-refractivity contribution in [1.82, 2.24) is 10.3 Å². The number of hydrogen-bond donors (Lipinski definition) is 1. The van der Waals surface area contributed by atoms with E-state index < -0.39 is 5.82 Å². The van der Waals surface area contributed by atoms with Crippen LogP contribution in [-0.4, -0.2) is 12.0 Å². The molecule has 0 saturated heterocycles. The topological polar surface area (TPSA) is 34.1 Å². The maximum atomic E-state index is 13.6. The highest BCUT2D eigenvalue weighted by molar-refractivity contribution is 9.10. The first-order valence-electron chi connectivity index (χ1n) is 5.41. The fourth-order valence-electron chi connectivity index (χ4n) is 1.48. The summed E-state index contributed by atoms with van der Waals surface area (Å²) in [5.41, 5.74) is 0.840. The monoisotopic (exact) mass is 310 g/mol. The lowest BCUT2D eigenvalue weighted by Gasteiger charge is -2.08. The second-order valence-electron chi connectivity index (χ2n) is 3.69. The molecule has 18 heavy (non-hydrogen) atoms. The van der Waals surface area contributed by atoms with Crippen molar-refractivity contribution >= 4 is 15.9 Å². The molecule has 0 unspecified atom stereocenters. The minimum absolute atomic E-state index is 0.194. The first-order valence-corrected chi connectivity index (χ1v) is 6.21. The van der Waals surface area contributed by atoms with Crippen LogP contribution in [0.3, 0.4) is 0 Å². The number of rotatable bonds is 4. The summed E-state index contributed by atoms with van der Waals surface area (Å²) in [6.07, 6.45) is 1.64. The van der Waals surface area contributed by atoms with Gasteiger partial charge in [0.05, 0.1) is 5.69 Å². The van der Waals surface area contributed by atoms with Crippen LogP contribution in [-0.2, 0) is 6.54 Å². The molecule has 0 spiro atoms. The zero-order chi connectivity index (χ0) is 13.0. The van der Waals surface area contributed by atoms with E-state index in [1.807, 2.05) is 7.05 Å². The van der Waals surface area contributed by atoms with Crippen molar-refractivity contribution in [3.63, 3.8) is 0 Å². The fourth-order valence-corrected chi connectivity index (χ4v) is 1.82. The van der Waals surface area contributed by atoms with E-state index >= 15 is 0 Å². The van der Waals surface area contributed by atoms with Gasteiger partial charge in [0.15, 0.2) is 11.6 Å². The van der Waals surface area contributed by atoms with Crippen LogP contribution in [0.25, 0.3) is 0 Å². The van der Waals surface area contributed by atoms with E-state index in [-0.39, 0.29) is 5.75 Å². The maximum absolute atomic E-state index is 13.6. The summed E-state index contributed by atoms with van der Waals surface area (Å²) in [6, 6.07) is 8.15. The smallest absolute Gasteiger partial charge is 0.166 e. The Kier molecular flexibility index (Phi) is 4.28. The van der Waals surface area contributed by atoms with Crippen LogP contribution >= 0.6 is 15.9 Å². The lowest BCUT2D eigenvalue weighted by molar-refractivity contribution is 0.440. The zero-order valence-corrected chi connectivity index (χ0v) is 11.4. The standard InChI is InChI=1S/C13H12BrFN2O/c1-16-8-10-7-11(4-5-17-10)18-13-3-2-9(14)6-12(13)15/h2-7,16H,8H2,1H3. The summed E-state index contributed by atoms with van der Waals surface area (Å²) >= 11 is 3.20. The minimum atomic E-state index is -0.406. The van der Waals surface area contributed by atoms with Crippen molar-refractivity contribution in [2.45, 2.75) is 6.54 Å². The van der Waals surface area contributed by atoms with E-state index in [0.29, 0.717) is 16.8 Å². The molecule has 1 N–H and O–H groups in total. The van der Waals surface area contributed by atoms with Gasteiger partial charge in [-0.15, -0.1) is 0 Å². The SMILES string of the molecule is CNCc1cc(Oc2ccc(Br)cc2F)ccn1. The number of nitrogens with one attached hydrogen (secondary N) is 1. The molecule has 0 atom stereocenters. The molecule has 0 saturated carbocycles. The normalized spacial score (nSPS) is 10.4. The van der Waals surface area contributed by atoms with Crippen molar-refractivity contribution in [3.05, 3.63) is 52.5 Å². The third kappa shape index (κ3) is 3.27. The molecule has 0 fully saturated rings. The molecule has 94 valence electrons. The molecule has 1 heterocycles. The number of nitrogens with zero attached hydrogens (tertiary/aromatic N) is 1. The number of benzene rings is 1. The molecular weight excluding hydrogens is 299 g/mol. The van der Waals surface area contributed by atoms with Crippen molar-refractivity contribution in [2.24, 2.45) is 0 Å². The summed E-state index contributed by atoms with van der Waals surface area (Å²) in [7, 11) is 1.84. The minimum Gasteiger partial charge on any atom is -0.454 e. The molecule has 1 aromatic carbocycles. The second-order valence-corrected chi connectivity index (χ2v) is 4.61. The molecule has 0 aliphatic heterocycles. The average molecular weight is 311 g/mol. The van der Waals surface area contributed by atoms with Crippen molar-refractivity contribution in [1.29, 1.82) is 0 Å². The number of ether oxygens (including phenoxy) is 1. The third-order valence-corrected chi connectivity index (χ3v) is 2.76. The second kappa shape index (κ2) is 5.93. The van der Waals surface area contributed by atoms with Crippen molar-refractivity contribution < 1.29 is 9.13 Å². The van der Waals surface area contributed by atoms with Gasteiger partial charge in [-0.05, 0) is 31.3 Å². The highest BCUT2D eigenvalue weighted by atomic mass is 79.9. The van der Waals surface area contributed by atoms with Gasteiger partial charge in [0.25, 0.3) is 0 Å². The highest BCUT2D eigenvalue weighted by Gasteiger charge is 2.06. The van der Waals surface area contributed by atoms with Crippen LogP contribution in [0.1, 0.15) is 5.69 Å². The Labute approximate surface area is 113 Å². The molecule has 1 aromatic heterocycles. The Balaban J connectivity index is 2.20. The van der Waals surface area contributed by atoms with Crippen LogP contribution in [0.4, 0.5) is 4.39 Å². The van der Waals surface area contributed by atoms with Crippen molar-refractivity contribution in [2.75, 3.05) is 7.05 Å². The van der Waals surface area contributed by atoms with Gasteiger partial charge in [-0.25, -0.2) is 4.39 Å². The highest BCUT2D eigenvalue weighted by Crippen LogP contribution is 2.26. The number of pyridine rings is 1. The Bertz CT molecular complexity index is 548. The van der Waals surface area contributed by atoms with Gasteiger partial charge < -0.3 is 10.1 Å². The summed E-state index contributed by atoms with van der Waals surface area (Å²) in [5.74, 6) is 0.354. The largest absolute Gasteiger partial charge is 0.454 e. The van der Waals surface area contributed by atoms with E-state index in [1.54, 1.807) is 30.5 Å². The molecule has 2 rings (SSSR count). The average Bonchev–Trinajstić information content (AvgIpc) is 2.34. The number of aromatic nitrogens is 1. The maximum Gasteiger partial charge on any atom is 0.166 e. The summed E-state index contributed by atoms with van der Waals surface area (Å²) in [6.45, 7) is 0.639. The van der Waals surface area contributed by atoms with Crippen LogP contribution in [0, 0.1) is 5.82 Å². The summed E-state index contributed by atoms with van der Waals surface area (Å²) in [4.78, 5) is 4.16. The lowest BCUT2D eigenvalue weighted by atomic mass is 10.3. The van der Waals surface area contributed by atoms with Crippen molar-refractivity contribution in [3.8, 4) is 11.5 Å². The predicted molar refractivity (Wildman–Crippen MR) is 71.2 cm³/mol. The van der Waals surface area contributed by atoms with E-state index in [4.69, 9.17) is 4.74 Å². The van der Waals surface area contributed by atoms with Crippen LogP contribution in [0.5, 0.6) is 11.5 Å². The van der Waals surface area contributed by atoms with Crippen LogP contribution in [0.15, 0.2) is 41.0 Å². The third-order valence-electron chi connectivity index (χ3n) is 2.27. The van der Waals surface area contributed by atoms with E-state index in [9.17, 15) is 4.39 Å². The molecule has 2 aromatic rings. The number of halogens is 2. The van der Waals surface area contributed by atoms with Gasteiger partial charge in [0.1, 0.15) is 5.75 Å². The Hall–Kier alpha value is -1.46. The summed E-state index contributed by atoms with van der Waals surface area (Å²) in [5, 5.41) is 3.00. The van der Waals surface area contributed by atoms with Crippen LogP contribution in [0.2, 0.25) is 0 Å². The lowest BCUT2D eigenvalue weighted by Crippen LogP contribution is -2.06. The first kappa shape index (κ1) is 13.0. The Morgan fingerprint density at radius 1 is 1.33 bits per heavy atom. The van der Waals surface area contributed by atoms with Gasteiger partial charge in [0.2, 0.25) is 0 Å². The molecular formula is C13H12BrFN2O. The van der Waals surface area contributed by atoms with E-state index in [2.05, 4.69) is 26.2 Å². The molecule has 0 aliphatic carbocycles. The van der Waals surface area contributed by atoms with Gasteiger partial charge >= 0.3 is 0 Å². The molecule has 0 amide bonds. The molecule has 0 bridgehead atoms. The van der Waals surface area contributed by atoms with Gasteiger partial charge in [-0.3, -0.25) is 4.98 Å².